The molecule has 1 atom stereocenters. The van der Waals surface area contributed by atoms with Gasteiger partial charge in [-0.1, -0.05) is 18.5 Å². The summed E-state index contributed by atoms with van der Waals surface area (Å²) in [6.07, 6.45) is 0.782. The second-order valence-corrected chi connectivity index (χ2v) is 5.23. The fourth-order valence-electron chi connectivity index (χ4n) is 2.10. The van der Waals surface area contributed by atoms with Crippen molar-refractivity contribution in [1.29, 1.82) is 0 Å². The number of amides is 1. The zero-order valence-corrected chi connectivity index (χ0v) is 12.4. The van der Waals surface area contributed by atoms with Crippen LogP contribution in [0.3, 0.4) is 0 Å². The Labute approximate surface area is 114 Å². The lowest BCUT2D eigenvalue weighted by atomic mass is 10.1. The number of benzene rings is 1. The van der Waals surface area contributed by atoms with Crippen LogP contribution in [0, 0.1) is 13.8 Å². The fourth-order valence-corrected chi connectivity index (χ4v) is 2.43. The van der Waals surface area contributed by atoms with Crippen molar-refractivity contribution in [2.75, 3.05) is 19.4 Å². The molecule has 0 saturated heterocycles. The highest BCUT2D eigenvalue weighted by atomic mass is 35.5. The van der Waals surface area contributed by atoms with Crippen LogP contribution in [0.15, 0.2) is 12.1 Å². The van der Waals surface area contributed by atoms with Crippen molar-refractivity contribution < 1.29 is 4.79 Å². The summed E-state index contributed by atoms with van der Waals surface area (Å²) in [5.74, 6) is 0.0241. The molecule has 1 aromatic carbocycles. The van der Waals surface area contributed by atoms with Gasteiger partial charge in [0.05, 0.1) is 6.04 Å². The number of aryl methyl sites for hydroxylation is 2. The van der Waals surface area contributed by atoms with Crippen molar-refractivity contribution in [3.8, 4) is 0 Å². The normalized spacial score (nSPS) is 12.6. The Morgan fingerprint density at radius 1 is 1.33 bits per heavy atom. The summed E-state index contributed by atoms with van der Waals surface area (Å²) in [6.45, 7) is 5.90. The Kier molecular flexibility index (Phi) is 5.17. The van der Waals surface area contributed by atoms with E-state index in [2.05, 4.69) is 5.32 Å². The van der Waals surface area contributed by atoms with E-state index in [9.17, 15) is 4.79 Å². The quantitative estimate of drug-likeness (QED) is 0.909. The second kappa shape index (κ2) is 6.21. The summed E-state index contributed by atoms with van der Waals surface area (Å²) in [5.41, 5.74) is 2.84. The number of halogens is 1. The van der Waals surface area contributed by atoms with Crippen molar-refractivity contribution in [3.63, 3.8) is 0 Å². The molecular weight excluding hydrogens is 248 g/mol. The third-order valence-electron chi connectivity index (χ3n) is 3.06. The van der Waals surface area contributed by atoms with Crippen LogP contribution in [0.5, 0.6) is 0 Å². The van der Waals surface area contributed by atoms with E-state index in [0.29, 0.717) is 5.02 Å². The Morgan fingerprint density at radius 3 is 2.22 bits per heavy atom. The van der Waals surface area contributed by atoms with Gasteiger partial charge in [0.1, 0.15) is 0 Å². The molecule has 3 nitrogen and oxygen atoms in total. The lowest BCUT2D eigenvalue weighted by Crippen LogP contribution is -2.39. The molecule has 1 amide bonds. The highest BCUT2D eigenvalue weighted by Gasteiger charge is 2.19. The van der Waals surface area contributed by atoms with Crippen molar-refractivity contribution in [2.45, 2.75) is 33.2 Å². The van der Waals surface area contributed by atoms with E-state index in [4.69, 9.17) is 11.6 Å². The average Bonchev–Trinajstić information content (AvgIpc) is 2.23. The van der Waals surface area contributed by atoms with Gasteiger partial charge in [-0.2, -0.15) is 0 Å². The number of nitrogens with one attached hydrogen (secondary N) is 1. The number of hydrogen-bond donors (Lipinski definition) is 1. The molecule has 1 aromatic rings. The Morgan fingerprint density at radius 2 is 1.83 bits per heavy atom. The largest absolute Gasteiger partial charge is 0.324 e. The van der Waals surface area contributed by atoms with Gasteiger partial charge >= 0.3 is 0 Å². The standard InChI is InChI=1S/C14H21ClN2O/c1-6-12(17(4)5)14(18)16-13-9(2)7-11(15)8-10(13)3/h7-8,12H,6H2,1-5H3,(H,16,18). The number of likely N-dealkylation sites (N-methyl/N-ethyl adjacent to an activating group) is 1. The Bertz CT molecular complexity index is 420. The van der Waals surface area contributed by atoms with Gasteiger partial charge in [0.2, 0.25) is 5.91 Å². The van der Waals surface area contributed by atoms with Gasteiger partial charge in [-0.05, 0) is 57.6 Å². The molecule has 4 heteroatoms. The van der Waals surface area contributed by atoms with Gasteiger partial charge in [0.15, 0.2) is 0 Å². The molecule has 0 radical (unpaired) electrons. The Hall–Kier alpha value is -1.06. The first kappa shape index (κ1) is 15.0. The summed E-state index contributed by atoms with van der Waals surface area (Å²) in [4.78, 5) is 14.1. The maximum absolute atomic E-state index is 12.2. The smallest absolute Gasteiger partial charge is 0.241 e. The van der Waals surface area contributed by atoms with Crippen molar-refractivity contribution in [1.82, 2.24) is 4.90 Å². The summed E-state index contributed by atoms with van der Waals surface area (Å²) in [7, 11) is 3.82. The number of rotatable bonds is 4. The molecule has 0 spiro atoms. The van der Waals surface area contributed by atoms with E-state index in [1.54, 1.807) is 0 Å². The molecule has 0 fully saturated rings. The monoisotopic (exact) mass is 268 g/mol. The molecule has 1 unspecified atom stereocenters. The first-order chi connectivity index (χ1) is 8.36. The van der Waals surface area contributed by atoms with Gasteiger partial charge < -0.3 is 5.32 Å². The molecule has 0 bridgehead atoms. The number of anilines is 1. The van der Waals surface area contributed by atoms with Gasteiger partial charge in [0.25, 0.3) is 0 Å². The topological polar surface area (TPSA) is 32.3 Å². The first-order valence-electron chi connectivity index (χ1n) is 6.10. The van der Waals surface area contributed by atoms with Gasteiger partial charge in [-0.15, -0.1) is 0 Å². The van der Waals surface area contributed by atoms with Crippen LogP contribution in [0.1, 0.15) is 24.5 Å². The van der Waals surface area contributed by atoms with Crippen molar-refractivity contribution >= 4 is 23.2 Å². The summed E-state index contributed by atoms with van der Waals surface area (Å²) >= 11 is 5.98. The molecular formula is C14H21ClN2O. The third-order valence-corrected chi connectivity index (χ3v) is 3.28. The lowest BCUT2D eigenvalue weighted by Gasteiger charge is -2.23. The molecule has 0 aliphatic carbocycles. The fraction of sp³-hybridized carbons (Fsp3) is 0.500. The zero-order valence-electron chi connectivity index (χ0n) is 11.7. The highest BCUT2D eigenvalue weighted by molar-refractivity contribution is 6.30. The predicted molar refractivity (Wildman–Crippen MR) is 77.3 cm³/mol. The predicted octanol–water partition coefficient (Wildman–Crippen LogP) is 3.24. The minimum atomic E-state index is -0.112. The van der Waals surface area contributed by atoms with Crippen LogP contribution in [-0.4, -0.2) is 30.9 Å². The number of carbonyl (C=O) groups excluding carboxylic acids is 1. The Balaban J connectivity index is 2.95. The zero-order chi connectivity index (χ0) is 13.9. The minimum Gasteiger partial charge on any atom is -0.324 e. The van der Waals surface area contributed by atoms with Crippen LogP contribution in [0.25, 0.3) is 0 Å². The minimum absolute atomic E-state index is 0.0241. The van der Waals surface area contributed by atoms with Gasteiger partial charge in [0, 0.05) is 10.7 Å². The highest BCUT2D eigenvalue weighted by Crippen LogP contribution is 2.25. The van der Waals surface area contributed by atoms with E-state index < -0.39 is 0 Å². The number of carbonyl (C=O) groups is 1. The average molecular weight is 269 g/mol. The van der Waals surface area contributed by atoms with Crippen LogP contribution >= 0.6 is 11.6 Å². The summed E-state index contributed by atoms with van der Waals surface area (Å²) < 4.78 is 0. The van der Waals surface area contributed by atoms with E-state index in [0.717, 1.165) is 23.2 Å². The van der Waals surface area contributed by atoms with E-state index in [1.807, 2.05) is 51.9 Å². The molecule has 0 aliphatic heterocycles. The van der Waals surface area contributed by atoms with Crippen LogP contribution in [0.4, 0.5) is 5.69 Å². The molecule has 1 N–H and O–H groups in total. The molecule has 0 heterocycles. The SMILES string of the molecule is CCC(C(=O)Nc1c(C)cc(Cl)cc1C)N(C)C. The molecule has 0 saturated carbocycles. The van der Waals surface area contributed by atoms with Crippen LogP contribution in [0.2, 0.25) is 5.02 Å². The summed E-state index contributed by atoms with van der Waals surface area (Å²) in [6, 6.07) is 3.61. The molecule has 1 rings (SSSR count). The van der Waals surface area contributed by atoms with Gasteiger partial charge in [-0.25, -0.2) is 0 Å². The molecule has 0 aromatic heterocycles. The number of nitrogens with zero attached hydrogens (tertiary/aromatic N) is 1. The van der Waals surface area contributed by atoms with E-state index in [1.165, 1.54) is 0 Å². The van der Waals surface area contributed by atoms with E-state index >= 15 is 0 Å². The van der Waals surface area contributed by atoms with E-state index in [-0.39, 0.29) is 11.9 Å². The van der Waals surface area contributed by atoms with Crippen LogP contribution in [-0.2, 0) is 4.79 Å². The van der Waals surface area contributed by atoms with Crippen molar-refractivity contribution in [2.24, 2.45) is 0 Å². The summed E-state index contributed by atoms with van der Waals surface area (Å²) in [5, 5.41) is 3.70. The van der Waals surface area contributed by atoms with Crippen molar-refractivity contribution in [3.05, 3.63) is 28.3 Å². The van der Waals surface area contributed by atoms with Crippen LogP contribution < -0.4 is 5.32 Å². The molecule has 0 aliphatic rings. The molecule has 100 valence electrons. The second-order valence-electron chi connectivity index (χ2n) is 4.79. The number of hydrogen-bond acceptors (Lipinski definition) is 2. The van der Waals surface area contributed by atoms with Gasteiger partial charge in [-0.3, -0.25) is 9.69 Å². The maximum atomic E-state index is 12.2. The molecule has 18 heavy (non-hydrogen) atoms. The third kappa shape index (κ3) is 3.47. The first-order valence-corrected chi connectivity index (χ1v) is 6.48. The lowest BCUT2D eigenvalue weighted by molar-refractivity contribution is -0.120. The maximum Gasteiger partial charge on any atom is 0.241 e.